The first kappa shape index (κ1) is 17.4. The first-order chi connectivity index (χ1) is 12.5. The normalized spacial score (nSPS) is 15.4. The van der Waals surface area contributed by atoms with E-state index < -0.39 is 4.92 Å². The summed E-state index contributed by atoms with van der Waals surface area (Å²) in [6.45, 7) is 2.60. The molecule has 0 aromatic heterocycles. The smallest absolute Gasteiger partial charge is 0.269 e. The summed E-state index contributed by atoms with van der Waals surface area (Å²) < 4.78 is 0. The van der Waals surface area contributed by atoms with Crippen LogP contribution in [0, 0.1) is 28.4 Å². The zero-order valence-electron chi connectivity index (χ0n) is 14.3. The minimum atomic E-state index is -0.445. The monoisotopic (exact) mass is 347 g/mol. The number of piperidine rings is 1. The number of non-ortho nitro benzene ring substituents is 1. The molecule has 130 valence electrons. The molecular formula is C20H17N3O3. The molecule has 0 spiro atoms. The maximum Gasteiger partial charge on any atom is 0.269 e. The van der Waals surface area contributed by atoms with Crippen LogP contribution in [0.15, 0.2) is 42.0 Å². The van der Waals surface area contributed by atoms with Crippen LogP contribution >= 0.6 is 0 Å². The lowest BCUT2D eigenvalue weighted by molar-refractivity contribution is -0.384. The highest BCUT2D eigenvalue weighted by atomic mass is 16.6. The van der Waals surface area contributed by atoms with Gasteiger partial charge < -0.3 is 5.32 Å². The number of carbonyl (C=O) groups is 1. The van der Waals surface area contributed by atoms with Crippen molar-refractivity contribution in [3.05, 3.63) is 68.8 Å². The lowest BCUT2D eigenvalue weighted by Crippen LogP contribution is -2.30. The summed E-state index contributed by atoms with van der Waals surface area (Å²) in [5.74, 6) is -0.0742. The van der Waals surface area contributed by atoms with Crippen molar-refractivity contribution in [3.63, 3.8) is 0 Å². The number of hydrogen-bond donors (Lipinski definition) is 1. The molecule has 1 heterocycles. The summed E-state index contributed by atoms with van der Waals surface area (Å²) in [6.07, 6.45) is 3.43. The van der Waals surface area contributed by atoms with Crippen LogP contribution in [-0.4, -0.2) is 17.4 Å². The summed E-state index contributed by atoms with van der Waals surface area (Å²) in [7, 11) is 0. The van der Waals surface area contributed by atoms with Gasteiger partial charge in [0.2, 0.25) is 5.91 Å². The van der Waals surface area contributed by atoms with Crippen molar-refractivity contribution in [2.45, 2.75) is 19.8 Å². The third-order valence-electron chi connectivity index (χ3n) is 4.50. The zero-order valence-corrected chi connectivity index (χ0v) is 14.3. The second kappa shape index (κ2) is 7.19. The Morgan fingerprint density at radius 3 is 2.62 bits per heavy atom. The number of nitro benzene ring substituents is 1. The van der Waals surface area contributed by atoms with E-state index in [0.717, 1.165) is 28.7 Å². The molecule has 0 radical (unpaired) electrons. The van der Waals surface area contributed by atoms with Crippen LogP contribution in [0.25, 0.3) is 17.2 Å². The molecule has 0 unspecified atom stereocenters. The van der Waals surface area contributed by atoms with Crippen LogP contribution < -0.4 is 5.32 Å². The van der Waals surface area contributed by atoms with Gasteiger partial charge in [0, 0.05) is 24.3 Å². The average Bonchev–Trinajstić information content (AvgIpc) is 2.65. The van der Waals surface area contributed by atoms with Crippen molar-refractivity contribution in [1.29, 1.82) is 5.26 Å². The number of nitrogens with one attached hydrogen (secondary N) is 1. The Morgan fingerprint density at radius 1 is 1.27 bits per heavy atom. The quantitative estimate of drug-likeness (QED) is 0.520. The molecule has 0 saturated carbocycles. The van der Waals surface area contributed by atoms with Gasteiger partial charge in [-0.25, -0.2) is 0 Å². The van der Waals surface area contributed by atoms with Crippen LogP contribution in [0.1, 0.15) is 29.5 Å². The van der Waals surface area contributed by atoms with Crippen LogP contribution in [-0.2, 0) is 4.79 Å². The minimum Gasteiger partial charge on any atom is -0.352 e. The number of rotatable bonds is 3. The van der Waals surface area contributed by atoms with E-state index in [0.29, 0.717) is 24.1 Å². The number of hydrogen-bond acceptors (Lipinski definition) is 4. The molecule has 0 bridgehead atoms. The SMILES string of the molecule is Cc1c(/C=C2\CCCNC2=O)cc(C#N)cc1-c1ccc([N+](=O)[O-])cc1. The van der Waals surface area contributed by atoms with Gasteiger partial charge in [-0.05, 0) is 72.4 Å². The second-order valence-electron chi connectivity index (χ2n) is 6.18. The van der Waals surface area contributed by atoms with E-state index in [1.165, 1.54) is 12.1 Å². The van der Waals surface area contributed by atoms with Gasteiger partial charge >= 0.3 is 0 Å². The average molecular weight is 347 g/mol. The number of carbonyl (C=O) groups excluding carboxylic acids is 1. The molecule has 26 heavy (non-hydrogen) atoms. The fourth-order valence-corrected chi connectivity index (χ4v) is 3.05. The third-order valence-corrected chi connectivity index (χ3v) is 4.50. The van der Waals surface area contributed by atoms with Crippen molar-refractivity contribution in [2.75, 3.05) is 6.54 Å². The highest BCUT2D eigenvalue weighted by Gasteiger charge is 2.16. The Morgan fingerprint density at radius 2 is 2.00 bits per heavy atom. The molecule has 6 nitrogen and oxygen atoms in total. The summed E-state index contributed by atoms with van der Waals surface area (Å²) >= 11 is 0. The maximum absolute atomic E-state index is 12.0. The molecule has 3 rings (SSSR count). The van der Waals surface area contributed by atoms with Gasteiger partial charge in [-0.2, -0.15) is 5.26 Å². The molecule has 1 saturated heterocycles. The predicted octanol–water partition coefficient (Wildman–Crippen LogP) is 3.74. The van der Waals surface area contributed by atoms with Crippen LogP contribution in [0.4, 0.5) is 5.69 Å². The predicted molar refractivity (Wildman–Crippen MR) is 98.2 cm³/mol. The highest BCUT2D eigenvalue weighted by Crippen LogP contribution is 2.30. The fraction of sp³-hybridized carbons (Fsp3) is 0.200. The Kier molecular flexibility index (Phi) is 4.81. The van der Waals surface area contributed by atoms with E-state index in [4.69, 9.17) is 0 Å². The Balaban J connectivity index is 2.09. The van der Waals surface area contributed by atoms with E-state index in [9.17, 15) is 20.2 Å². The molecule has 6 heteroatoms. The number of nitriles is 1. The molecule has 1 aliphatic rings. The molecule has 2 aromatic rings. The lowest BCUT2D eigenvalue weighted by Gasteiger charge is -2.16. The van der Waals surface area contributed by atoms with Crippen LogP contribution in [0.2, 0.25) is 0 Å². The summed E-state index contributed by atoms with van der Waals surface area (Å²) in [4.78, 5) is 22.4. The molecule has 1 N–H and O–H groups in total. The van der Waals surface area contributed by atoms with Crippen molar-refractivity contribution in [3.8, 4) is 17.2 Å². The van der Waals surface area contributed by atoms with Gasteiger partial charge in [0.05, 0.1) is 16.6 Å². The van der Waals surface area contributed by atoms with E-state index in [-0.39, 0.29) is 11.6 Å². The van der Waals surface area contributed by atoms with Crippen molar-refractivity contribution in [1.82, 2.24) is 5.32 Å². The van der Waals surface area contributed by atoms with E-state index in [1.54, 1.807) is 24.3 Å². The Hall–Kier alpha value is -3.46. The molecule has 2 aromatic carbocycles. The Labute approximate surface area is 150 Å². The first-order valence-electron chi connectivity index (χ1n) is 8.28. The molecule has 0 aliphatic carbocycles. The molecule has 1 fully saturated rings. The van der Waals surface area contributed by atoms with E-state index >= 15 is 0 Å². The number of amides is 1. The standard InChI is InChI=1S/C20H17N3O3/c1-13-17(11-16-3-2-8-22-20(16)24)9-14(12-21)10-19(13)15-4-6-18(7-5-15)23(25)26/h4-7,9-11H,2-3,8H2,1H3,(H,22,24)/b16-11+. The van der Waals surface area contributed by atoms with E-state index in [1.807, 2.05) is 13.0 Å². The van der Waals surface area contributed by atoms with Gasteiger partial charge in [-0.15, -0.1) is 0 Å². The topological polar surface area (TPSA) is 96.0 Å². The third kappa shape index (κ3) is 3.47. The molecule has 1 aliphatic heterocycles. The minimum absolute atomic E-state index is 0.0176. The van der Waals surface area contributed by atoms with Gasteiger partial charge in [0.1, 0.15) is 0 Å². The van der Waals surface area contributed by atoms with Gasteiger partial charge in [-0.1, -0.05) is 0 Å². The summed E-state index contributed by atoms with van der Waals surface area (Å²) in [6, 6.07) is 11.9. The largest absolute Gasteiger partial charge is 0.352 e. The molecule has 1 amide bonds. The summed E-state index contributed by atoms with van der Waals surface area (Å²) in [5.41, 5.74) is 4.54. The van der Waals surface area contributed by atoms with Crippen molar-refractivity contribution in [2.24, 2.45) is 0 Å². The van der Waals surface area contributed by atoms with Crippen molar-refractivity contribution < 1.29 is 9.72 Å². The van der Waals surface area contributed by atoms with Gasteiger partial charge in [0.15, 0.2) is 0 Å². The lowest BCUT2D eigenvalue weighted by atomic mass is 9.92. The highest BCUT2D eigenvalue weighted by molar-refractivity contribution is 5.99. The number of benzene rings is 2. The van der Waals surface area contributed by atoms with Crippen molar-refractivity contribution >= 4 is 17.7 Å². The summed E-state index contributed by atoms with van der Waals surface area (Å²) in [5, 5.41) is 23.0. The fourth-order valence-electron chi connectivity index (χ4n) is 3.05. The first-order valence-corrected chi connectivity index (χ1v) is 8.28. The Bertz CT molecular complexity index is 954. The van der Waals surface area contributed by atoms with E-state index in [2.05, 4.69) is 11.4 Å². The molecular weight excluding hydrogens is 330 g/mol. The van der Waals surface area contributed by atoms with Gasteiger partial charge in [-0.3, -0.25) is 14.9 Å². The second-order valence-corrected chi connectivity index (χ2v) is 6.18. The maximum atomic E-state index is 12.0. The number of nitrogens with zero attached hydrogens (tertiary/aromatic N) is 2. The van der Waals surface area contributed by atoms with Crippen LogP contribution in [0.3, 0.4) is 0 Å². The van der Waals surface area contributed by atoms with Crippen LogP contribution in [0.5, 0.6) is 0 Å². The van der Waals surface area contributed by atoms with Gasteiger partial charge in [0.25, 0.3) is 5.69 Å². The zero-order chi connectivity index (χ0) is 18.7. The number of nitro groups is 1. The molecule has 0 atom stereocenters.